The maximum atomic E-state index is 10.7. The van der Waals surface area contributed by atoms with Gasteiger partial charge in [-0.3, -0.25) is 0 Å². The Morgan fingerprint density at radius 2 is 1.80 bits per heavy atom. The van der Waals surface area contributed by atoms with Gasteiger partial charge >= 0.3 is 0 Å². The van der Waals surface area contributed by atoms with E-state index in [1.54, 1.807) is 0 Å². The van der Waals surface area contributed by atoms with Crippen LogP contribution in [0.5, 0.6) is 0 Å². The molecule has 1 heterocycles. The first kappa shape index (κ1) is 13.2. The van der Waals surface area contributed by atoms with Gasteiger partial charge in [-0.2, -0.15) is 0 Å². The van der Waals surface area contributed by atoms with Gasteiger partial charge in [0.1, 0.15) is 0 Å². The van der Waals surface area contributed by atoms with Crippen LogP contribution in [0.4, 0.5) is 5.69 Å². The molecule has 2 nitrogen and oxygen atoms in total. The number of aliphatic hydroxyl groups excluding tert-OH is 1. The molecule has 0 radical (unpaired) electrons. The quantitative estimate of drug-likeness (QED) is 0.868. The third kappa shape index (κ3) is 2.56. The van der Waals surface area contributed by atoms with E-state index in [1.165, 1.54) is 16.7 Å². The SMILES string of the molecule is Cc1cc(C)cc(C(O)C2CCc3ccccc3N2)c1. The van der Waals surface area contributed by atoms with E-state index in [0.717, 1.165) is 24.1 Å². The fourth-order valence-corrected chi connectivity index (χ4v) is 3.11. The van der Waals surface area contributed by atoms with E-state index >= 15 is 0 Å². The van der Waals surface area contributed by atoms with E-state index in [1.807, 2.05) is 6.07 Å². The summed E-state index contributed by atoms with van der Waals surface area (Å²) in [5.74, 6) is 0. The fraction of sp³-hybridized carbons (Fsp3) is 0.333. The largest absolute Gasteiger partial charge is 0.386 e. The number of rotatable bonds is 2. The smallest absolute Gasteiger partial charge is 0.0991 e. The second kappa shape index (κ2) is 5.29. The van der Waals surface area contributed by atoms with E-state index in [9.17, 15) is 5.11 Å². The second-order valence-corrected chi connectivity index (χ2v) is 5.81. The Hall–Kier alpha value is -1.80. The van der Waals surface area contributed by atoms with E-state index in [4.69, 9.17) is 0 Å². The molecule has 2 unspecified atom stereocenters. The summed E-state index contributed by atoms with van der Waals surface area (Å²) in [4.78, 5) is 0. The highest BCUT2D eigenvalue weighted by atomic mass is 16.3. The van der Waals surface area contributed by atoms with E-state index < -0.39 is 6.10 Å². The van der Waals surface area contributed by atoms with Crippen LogP contribution in [0.2, 0.25) is 0 Å². The summed E-state index contributed by atoms with van der Waals surface area (Å²) in [6.07, 6.45) is 1.53. The van der Waals surface area contributed by atoms with Crippen molar-refractivity contribution in [3.63, 3.8) is 0 Å². The number of hydrogen-bond acceptors (Lipinski definition) is 2. The molecule has 2 atom stereocenters. The maximum absolute atomic E-state index is 10.7. The van der Waals surface area contributed by atoms with Gasteiger partial charge in [-0.05, 0) is 43.9 Å². The standard InChI is InChI=1S/C18H21NO/c1-12-9-13(2)11-15(10-12)18(20)17-8-7-14-5-3-4-6-16(14)19-17/h3-6,9-11,17-20H,7-8H2,1-2H3. The minimum atomic E-state index is -0.457. The summed E-state index contributed by atoms with van der Waals surface area (Å²) < 4.78 is 0. The minimum absolute atomic E-state index is 0.0890. The maximum Gasteiger partial charge on any atom is 0.0991 e. The normalized spacial score (nSPS) is 19.1. The van der Waals surface area contributed by atoms with Gasteiger partial charge in [0, 0.05) is 5.69 Å². The first-order chi connectivity index (χ1) is 9.63. The van der Waals surface area contributed by atoms with Crippen LogP contribution in [0.3, 0.4) is 0 Å². The first-order valence-electron chi connectivity index (χ1n) is 7.24. The van der Waals surface area contributed by atoms with Crippen LogP contribution in [-0.2, 0) is 6.42 Å². The average molecular weight is 267 g/mol. The van der Waals surface area contributed by atoms with Crippen molar-refractivity contribution in [2.24, 2.45) is 0 Å². The summed E-state index contributed by atoms with van der Waals surface area (Å²) in [6.45, 7) is 4.15. The Bertz CT molecular complexity index is 600. The molecule has 0 saturated heterocycles. The molecule has 0 saturated carbocycles. The van der Waals surface area contributed by atoms with E-state index in [-0.39, 0.29) is 6.04 Å². The van der Waals surface area contributed by atoms with Gasteiger partial charge in [0.05, 0.1) is 12.1 Å². The number of nitrogens with one attached hydrogen (secondary N) is 1. The molecule has 104 valence electrons. The van der Waals surface area contributed by atoms with Gasteiger partial charge in [-0.25, -0.2) is 0 Å². The Balaban J connectivity index is 1.83. The first-order valence-corrected chi connectivity index (χ1v) is 7.24. The van der Waals surface area contributed by atoms with Crippen molar-refractivity contribution >= 4 is 5.69 Å². The number of aryl methyl sites for hydroxylation is 3. The Morgan fingerprint density at radius 1 is 1.10 bits per heavy atom. The molecule has 0 aliphatic carbocycles. The highest BCUT2D eigenvalue weighted by Crippen LogP contribution is 2.31. The molecular formula is C18H21NO. The van der Waals surface area contributed by atoms with Crippen LogP contribution in [0.1, 0.15) is 34.8 Å². The van der Waals surface area contributed by atoms with Crippen LogP contribution in [0.15, 0.2) is 42.5 Å². The molecule has 0 fully saturated rings. The molecular weight excluding hydrogens is 246 g/mol. The van der Waals surface area contributed by atoms with Crippen LogP contribution in [-0.4, -0.2) is 11.1 Å². The third-order valence-corrected chi connectivity index (χ3v) is 4.05. The van der Waals surface area contributed by atoms with Crippen molar-refractivity contribution in [2.75, 3.05) is 5.32 Å². The van der Waals surface area contributed by atoms with Crippen molar-refractivity contribution in [1.29, 1.82) is 0 Å². The van der Waals surface area contributed by atoms with Gasteiger partial charge in [-0.1, -0.05) is 47.5 Å². The van der Waals surface area contributed by atoms with Crippen molar-refractivity contribution in [3.05, 3.63) is 64.7 Å². The topological polar surface area (TPSA) is 32.3 Å². The minimum Gasteiger partial charge on any atom is -0.386 e. The molecule has 2 aromatic carbocycles. The predicted molar refractivity (Wildman–Crippen MR) is 83.0 cm³/mol. The molecule has 0 amide bonds. The number of fused-ring (bicyclic) bond motifs is 1. The van der Waals surface area contributed by atoms with Gasteiger partial charge in [0.15, 0.2) is 0 Å². The summed E-state index contributed by atoms with van der Waals surface area (Å²) in [6, 6.07) is 14.8. The van der Waals surface area contributed by atoms with E-state index in [0.29, 0.717) is 0 Å². The molecule has 0 aromatic heterocycles. The average Bonchev–Trinajstić information content (AvgIpc) is 2.45. The van der Waals surface area contributed by atoms with Crippen LogP contribution in [0, 0.1) is 13.8 Å². The lowest BCUT2D eigenvalue weighted by atomic mass is 9.91. The Kier molecular flexibility index (Phi) is 3.49. The zero-order valence-corrected chi connectivity index (χ0v) is 12.1. The lowest BCUT2D eigenvalue weighted by Crippen LogP contribution is -2.31. The predicted octanol–water partition coefficient (Wildman–Crippen LogP) is 3.76. The fourth-order valence-electron chi connectivity index (χ4n) is 3.11. The summed E-state index contributed by atoms with van der Waals surface area (Å²) in [5.41, 5.74) is 5.92. The molecule has 3 rings (SSSR count). The molecule has 2 N–H and O–H groups in total. The highest BCUT2D eigenvalue weighted by Gasteiger charge is 2.25. The number of benzene rings is 2. The van der Waals surface area contributed by atoms with Crippen molar-refractivity contribution in [2.45, 2.75) is 38.8 Å². The molecule has 20 heavy (non-hydrogen) atoms. The van der Waals surface area contributed by atoms with Crippen LogP contribution >= 0.6 is 0 Å². The zero-order valence-electron chi connectivity index (χ0n) is 12.1. The van der Waals surface area contributed by atoms with Gasteiger partial charge in [-0.15, -0.1) is 0 Å². The molecule has 2 heteroatoms. The van der Waals surface area contributed by atoms with Crippen LogP contribution in [0.25, 0.3) is 0 Å². The van der Waals surface area contributed by atoms with Crippen molar-refractivity contribution < 1.29 is 5.11 Å². The van der Waals surface area contributed by atoms with Gasteiger partial charge < -0.3 is 10.4 Å². The van der Waals surface area contributed by atoms with Crippen molar-refractivity contribution in [1.82, 2.24) is 0 Å². The summed E-state index contributed by atoms with van der Waals surface area (Å²) in [5, 5.41) is 14.1. The monoisotopic (exact) mass is 267 g/mol. The summed E-state index contributed by atoms with van der Waals surface area (Å²) in [7, 11) is 0. The second-order valence-electron chi connectivity index (χ2n) is 5.81. The van der Waals surface area contributed by atoms with E-state index in [2.05, 4.69) is 55.6 Å². The van der Waals surface area contributed by atoms with Crippen molar-refractivity contribution in [3.8, 4) is 0 Å². The lowest BCUT2D eigenvalue weighted by molar-refractivity contribution is 0.149. The Morgan fingerprint density at radius 3 is 2.55 bits per heavy atom. The highest BCUT2D eigenvalue weighted by molar-refractivity contribution is 5.54. The number of hydrogen-bond donors (Lipinski definition) is 2. The molecule has 2 aromatic rings. The number of aliphatic hydroxyl groups is 1. The number of anilines is 1. The molecule has 0 spiro atoms. The zero-order chi connectivity index (χ0) is 14.1. The lowest BCUT2D eigenvalue weighted by Gasteiger charge is -2.31. The van der Waals surface area contributed by atoms with Gasteiger partial charge in [0.2, 0.25) is 0 Å². The van der Waals surface area contributed by atoms with Gasteiger partial charge in [0.25, 0.3) is 0 Å². The molecule has 0 bridgehead atoms. The Labute approximate surface area is 120 Å². The molecule has 1 aliphatic rings. The third-order valence-electron chi connectivity index (χ3n) is 4.05. The summed E-state index contributed by atoms with van der Waals surface area (Å²) >= 11 is 0. The van der Waals surface area contributed by atoms with Crippen LogP contribution < -0.4 is 5.32 Å². The number of para-hydroxylation sites is 1. The molecule has 1 aliphatic heterocycles.